The molecular weight excluding hydrogens is 364 g/mol. The molecule has 0 radical (unpaired) electrons. The predicted octanol–water partition coefficient (Wildman–Crippen LogP) is 5.20. The minimum Gasteiger partial charge on any atom is -0.345 e. The van der Waals surface area contributed by atoms with E-state index >= 15 is 0 Å². The molecule has 138 valence electrons. The first-order valence-corrected chi connectivity index (χ1v) is 9.98. The first-order valence-electron chi connectivity index (χ1n) is 9.16. The fourth-order valence-electron chi connectivity index (χ4n) is 3.26. The van der Waals surface area contributed by atoms with Crippen LogP contribution in [-0.2, 0) is 12.8 Å². The standard InChI is InChI=1S/C23H20N4S/c1-15-5-3-4-6-20(15)23-16(2)28-22(27-23)12-21-25-14-19(26-21)11-17-7-9-18(13-24)10-8-17/h3-10,14H,11-12H2,1-2H3,(H,25,26). The Morgan fingerprint density at radius 3 is 2.57 bits per heavy atom. The maximum atomic E-state index is 8.90. The highest BCUT2D eigenvalue weighted by Gasteiger charge is 2.13. The SMILES string of the molecule is Cc1ccccc1-c1nc(Cc2ncc(Cc3ccc(C#N)cc3)[nH]2)sc1C. The van der Waals surface area contributed by atoms with Crippen molar-refractivity contribution in [3.05, 3.63) is 92.8 Å². The van der Waals surface area contributed by atoms with Gasteiger partial charge in [-0.05, 0) is 37.1 Å². The van der Waals surface area contributed by atoms with Crippen LogP contribution in [-0.4, -0.2) is 15.0 Å². The molecule has 2 aromatic carbocycles. The molecule has 0 aliphatic carbocycles. The lowest BCUT2D eigenvalue weighted by Crippen LogP contribution is -1.93. The summed E-state index contributed by atoms with van der Waals surface area (Å²) >= 11 is 1.73. The van der Waals surface area contributed by atoms with Crippen LogP contribution in [0.25, 0.3) is 11.3 Å². The Balaban J connectivity index is 1.49. The van der Waals surface area contributed by atoms with Gasteiger partial charge in [0.25, 0.3) is 0 Å². The highest BCUT2D eigenvalue weighted by molar-refractivity contribution is 7.12. The minimum absolute atomic E-state index is 0.678. The van der Waals surface area contributed by atoms with Crippen molar-refractivity contribution in [2.75, 3.05) is 0 Å². The van der Waals surface area contributed by atoms with Crippen LogP contribution in [0.15, 0.2) is 54.7 Å². The largest absolute Gasteiger partial charge is 0.345 e. The Hall–Kier alpha value is -3.23. The third-order valence-corrected chi connectivity index (χ3v) is 5.69. The van der Waals surface area contributed by atoms with Gasteiger partial charge in [-0.1, -0.05) is 36.4 Å². The first-order chi connectivity index (χ1) is 13.6. The van der Waals surface area contributed by atoms with Crippen LogP contribution in [0.1, 0.15) is 38.1 Å². The third kappa shape index (κ3) is 3.88. The summed E-state index contributed by atoms with van der Waals surface area (Å²) in [6.07, 6.45) is 3.35. The number of aromatic nitrogens is 3. The van der Waals surface area contributed by atoms with E-state index in [0.717, 1.165) is 34.2 Å². The molecule has 0 amide bonds. The summed E-state index contributed by atoms with van der Waals surface area (Å²) in [7, 11) is 0. The Bertz CT molecular complexity index is 1150. The van der Waals surface area contributed by atoms with Gasteiger partial charge in [0.1, 0.15) is 10.8 Å². The van der Waals surface area contributed by atoms with Gasteiger partial charge in [0.15, 0.2) is 0 Å². The van der Waals surface area contributed by atoms with E-state index in [2.05, 4.69) is 54.2 Å². The van der Waals surface area contributed by atoms with Crippen molar-refractivity contribution in [2.45, 2.75) is 26.7 Å². The van der Waals surface area contributed by atoms with Gasteiger partial charge in [0.05, 0.1) is 23.7 Å². The molecular formula is C23H20N4S. The average Bonchev–Trinajstić information content (AvgIpc) is 3.29. The zero-order valence-corrected chi connectivity index (χ0v) is 16.7. The number of thiazole rings is 1. The summed E-state index contributed by atoms with van der Waals surface area (Å²) in [6, 6.07) is 18.2. The maximum absolute atomic E-state index is 8.90. The number of benzene rings is 2. The Labute approximate surface area is 168 Å². The summed E-state index contributed by atoms with van der Waals surface area (Å²) in [6.45, 7) is 4.25. The van der Waals surface area contributed by atoms with E-state index < -0.39 is 0 Å². The predicted molar refractivity (Wildman–Crippen MR) is 112 cm³/mol. The van der Waals surface area contributed by atoms with Crippen molar-refractivity contribution < 1.29 is 0 Å². The zero-order chi connectivity index (χ0) is 19.5. The number of hydrogen-bond donors (Lipinski definition) is 1. The number of nitrogens with zero attached hydrogens (tertiary/aromatic N) is 3. The fraction of sp³-hybridized carbons (Fsp3) is 0.174. The van der Waals surface area contributed by atoms with Gasteiger partial charge < -0.3 is 4.98 Å². The summed E-state index contributed by atoms with van der Waals surface area (Å²) in [5, 5.41) is 9.96. The number of rotatable bonds is 5. The van der Waals surface area contributed by atoms with Crippen LogP contribution in [0, 0.1) is 25.2 Å². The molecule has 5 heteroatoms. The number of imidazole rings is 1. The Kier molecular flexibility index (Phi) is 5.05. The quantitative estimate of drug-likeness (QED) is 0.514. The van der Waals surface area contributed by atoms with E-state index in [4.69, 9.17) is 10.2 Å². The molecule has 0 fully saturated rings. The Morgan fingerprint density at radius 1 is 1.04 bits per heavy atom. The van der Waals surface area contributed by atoms with Crippen LogP contribution in [0.5, 0.6) is 0 Å². The lowest BCUT2D eigenvalue weighted by atomic mass is 10.1. The molecule has 1 N–H and O–H groups in total. The van der Waals surface area contributed by atoms with Crippen LogP contribution < -0.4 is 0 Å². The molecule has 28 heavy (non-hydrogen) atoms. The molecule has 0 aliphatic rings. The molecule has 0 aliphatic heterocycles. The van der Waals surface area contributed by atoms with Crippen LogP contribution in [0.3, 0.4) is 0 Å². The van der Waals surface area contributed by atoms with Gasteiger partial charge in [0, 0.05) is 28.8 Å². The highest BCUT2D eigenvalue weighted by Crippen LogP contribution is 2.30. The number of hydrogen-bond acceptors (Lipinski definition) is 4. The topological polar surface area (TPSA) is 65.4 Å². The number of nitriles is 1. The van der Waals surface area contributed by atoms with E-state index in [1.807, 2.05) is 30.5 Å². The lowest BCUT2D eigenvalue weighted by molar-refractivity contribution is 0.988. The Morgan fingerprint density at radius 2 is 1.82 bits per heavy atom. The molecule has 2 aromatic heterocycles. The van der Waals surface area contributed by atoms with Gasteiger partial charge in [0.2, 0.25) is 0 Å². The molecule has 0 saturated carbocycles. The molecule has 4 rings (SSSR count). The second-order valence-corrected chi connectivity index (χ2v) is 8.13. The van der Waals surface area contributed by atoms with Crippen LogP contribution in [0.4, 0.5) is 0 Å². The van der Waals surface area contributed by atoms with Gasteiger partial charge in [-0.2, -0.15) is 5.26 Å². The van der Waals surface area contributed by atoms with Crippen LogP contribution in [0.2, 0.25) is 0 Å². The normalized spacial score (nSPS) is 10.8. The second kappa shape index (κ2) is 7.79. The highest BCUT2D eigenvalue weighted by atomic mass is 32.1. The zero-order valence-electron chi connectivity index (χ0n) is 15.9. The number of H-pyrrole nitrogens is 1. The fourth-order valence-corrected chi connectivity index (χ4v) is 4.21. The average molecular weight is 385 g/mol. The van der Waals surface area contributed by atoms with Gasteiger partial charge in [-0.3, -0.25) is 0 Å². The lowest BCUT2D eigenvalue weighted by Gasteiger charge is -2.02. The smallest absolute Gasteiger partial charge is 0.113 e. The second-order valence-electron chi connectivity index (χ2n) is 6.84. The van der Waals surface area contributed by atoms with E-state index in [-0.39, 0.29) is 0 Å². The minimum atomic E-state index is 0.678. The van der Waals surface area contributed by atoms with Crippen molar-refractivity contribution in [3.8, 4) is 17.3 Å². The van der Waals surface area contributed by atoms with Crippen molar-refractivity contribution in [1.82, 2.24) is 15.0 Å². The molecule has 0 unspecified atom stereocenters. The first kappa shape index (κ1) is 18.1. The van der Waals surface area contributed by atoms with Crippen molar-refractivity contribution in [2.24, 2.45) is 0 Å². The third-order valence-electron chi connectivity index (χ3n) is 4.72. The number of nitrogens with one attached hydrogen (secondary N) is 1. The van der Waals surface area contributed by atoms with E-state index in [0.29, 0.717) is 12.0 Å². The van der Waals surface area contributed by atoms with Gasteiger partial charge >= 0.3 is 0 Å². The summed E-state index contributed by atoms with van der Waals surface area (Å²) in [4.78, 5) is 14.0. The van der Waals surface area contributed by atoms with E-state index in [1.165, 1.54) is 16.0 Å². The molecule has 4 nitrogen and oxygen atoms in total. The van der Waals surface area contributed by atoms with E-state index in [1.54, 1.807) is 11.3 Å². The van der Waals surface area contributed by atoms with E-state index in [9.17, 15) is 0 Å². The summed E-state index contributed by atoms with van der Waals surface area (Å²) in [5.41, 5.74) is 6.40. The summed E-state index contributed by atoms with van der Waals surface area (Å²) < 4.78 is 0. The molecule has 0 bridgehead atoms. The van der Waals surface area contributed by atoms with Crippen molar-refractivity contribution in [3.63, 3.8) is 0 Å². The summed E-state index contributed by atoms with van der Waals surface area (Å²) in [5.74, 6) is 0.925. The molecule has 0 saturated heterocycles. The van der Waals surface area contributed by atoms with Gasteiger partial charge in [-0.15, -0.1) is 11.3 Å². The number of aryl methyl sites for hydroxylation is 2. The van der Waals surface area contributed by atoms with Crippen molar-refractivity contribution >= 4 is 11.3 Å². The molecule has 4 aromatic rings. The molecule has 2 heterocycles. The van der Waals surface area contributed by atoms with Crippen LogP contribution >= 0.6 is 11.3 Å². The monoisotopic (exact) mass is 384 g/mol. The van der Waals surface area contributed by atoms with Crippen molar-refractivity contribution in [1.29, 1.82) is 5.26 Å². The maximum Gasteiger partial charge on any atom is 0.113 e. The molecule has 0 spiro atoms. The molecule has 0 atom stereocenters. The number of aromatic amines is 1. The van der Waals surface area contributed by atoms with Gasteiger partial charge in [-0.25, -0.2) is 9.97 Å².